The van der Waals surface area contributed by atoms with Gasteiger partial charge in [-0.15, -0.1) is 11.3 Å². The largest absolute Gasteiger partial charge is 0.390 e. The Morgan fingerprint density at radius 3 is 2.74 bits per heavy atom. The summed E-state index contributed by atoms with van der Waals surface area (Å²) in [5.74, 6) is 1.31. The van der Waals surface area contributed by atoms with Crippen molar-refractivity contribution in [1.29, 1.82) is 0 Å². The smallest absolute Gasteiger partial charge is 0.261 e. The topological polar surface area (TPSA) is 74.2 Å². The van der Waals surface area contributed by atoms with Crippen molar-refractivity contribution in [2.24, 2.45) is 5.92 Å². The van der Waals surface area contributed by atoms with E-state index < -0.39 is 0 Å². The first-order valence-electron chi connectivity index (χ1n) is 6.31. The standard InChI is InChI=1S/C13H19N3O2S/c1-5-8-6-9(11(14)19-8)13-15-12(16-18-13)10(17-4)7(2)3/h6-7,10H,5,14H2,1-4H3. The van der Waals surface area contributed by atoms with Gasteiger partial charge >= 0.3 is 0 Å². The molecular weight excluding hydrogens is 262 g/mol. The molecule has 104 valence electrons. The van der Waals surface area contributed by atoms with Crippen molar-refractivity contribution in [3.05, 3.63) is 16.8 Å². The molecule has 0 aliphatic heterocycles. The second kappa shape index (κ2) is 5.71. The normalized spacial score (nSPS) is 13.1. The maximum Gasteiger partial charge on any atom is 0.261 e. The lowest BCUT2D eigenvalue weighted by Gasteiger charge is -2.14. The van der Waals surface area contributed by atoms with E-state index in [1.165, 1.54) is 4.88 Å². The van der Waals surface area contributed by atoms with E-state index in [9.17, 15) is 0 Å². The minimum atomic E-state index is -0.164. The van der Waals surface area contributed by atoms with Crippen LogP contribution in [0.4, 0.5) is 5.00 Å². The molecule has 2 heterocycles. The zero-order chi connectivity index (χ0) is 14.0. The molecule has 0 aliphatic rings. The first-order chi connectivity index (χ1) is 9.06. The van der Waals surface area contributed by atoms with Gasteiger partial charge in [-0.3, -0.25) is 0 Å². The van der Waals surface area contributed by atoms with Crippen molar-refractivity contribution in [3.8, 4) is 11.5 Å². The van der Waals surface area contributed by atoms with Gasteiger partial charge in [-0.25, -0.2) is 0 Å². The Balaban J connectivity index is 2.32. The summed E-state index contributed by atoms with van der Waals surface area (Å²) >= 11 is 1.56. The van der Waals surface area contributed by atoms with Crippen LogP contribution >= 0.6 is 11.3 Å². The van der Waals surface area contributed by atoms with E-state index in [0.29, 0.717) is 16.7 Å². The van der Waals surface area contributed by atoms with Gasteiger partial charge in [0.15, 0.2) is 0 Å². The van der Waals surface area contributed by atoms with Gasteiger partial charge in [-0.2, -0.15) is 4.98 Å². The van der Waals surface area contributed by atoms with Crippen molar-refractivity contribution < 1.29 is 9.26 Å². The van der Waals surface area contributed by atoms with Gasteiger partial charge in [0.25, 0.3) is 5.89 Å². The third-order valence-corrected chi connectivity index (χ3v) is 4.05. The van der Waals surface area contributed by atoms with Gasteiger partial charge in [0.1, 0.15) is 6.10 Å². The predicted molar refractivity (Wildman–Crippen MR) is 76.0 cm³/mol. The van der Waals surface area contributed by atoms with Crippen molar-refractivity contribution in [2.45, 2.75) is 33.3 Å². The van der Waals surface area contributed by atoms with Crippen LogP contribution in [0.15, 0.2) is 10.6 Å². The zero-order valence-corrected chi connectivity index (χ0v) is 12.5. The number of nitrogens with zero attached hydrogens (tertiary/aromatic N) is 2. The van der Waals surface area contributed by atoms with Crippen LogP contribution in [0.5, 0.6) is 0 Å². The van der Waals surface area contributed by atoms with Crippen LogP contribution in [0, 0.1) is 5.92 Å². The number of anilines is 1. The second-order valence-electron chi connectivity index (χ2n) is 4.70. The van der Waals surface area contributed by atoms with E-state index in [-0.39, 0.29) is 12.0 Å². The Hall–Kier alpha value is -1.40. The molecular formula is C13H19N3O2S. The highest BCUT2D eigenvalue weighted by Crippen LogP contribution is 2.34. The van der Waals surface area contributed by atoms with Crippen LogP contribution in [0.3, 0.4) is 0 Å². The third kappa shape index (κ3) is 2.79. The number of hydrogen-bond donors (Lipinski definition) is 1. The first kappa shape index (κ1) is 14.0. The minimum Gasteiger partial charge on any atom is -0.390 e. The van der Waals surface area contributed by atoms with E-state index in [2.05, 4.69) is 30.9 Å². The van der Waals surface area contributed by atoms with Crippen LogP contribution < -0.4 is 5.73 Å². The molecule has 0 radical (unpaired) electrons. The van der Waals surface area contributed by atoms with Crippen LogP contribution in [-0.4, -0.2) is 17.3 Å². The molecule has 0 fully saturated rings. The van der Waals surface area contributed by atoms with Gasteiger partial charge in [-0.05, 0) is 18.4 Å². The minimum absolute atomic E-state index is 0.164. The molecule has 1 unspecified atom stereocenters. The second-order valence-corrected chi connectivity index (χ2v) is 5.87. The summed E-state index contributed by atoms with van der Waals surface area (Å²) in [6, 6.07) is 2.01. The van der Waals surface area contributed by atoms with Crippen LogP contribution in [0.1, 0.15) is 37.6 Å². The number of nitrogen functional groups attached to an aromatic ring is 1. The third-order valence-electron chi connectivity index (χ3n) is 2.95. The molecule has 2 rings (SSSR count). The van der Waals surface area contributed by atoms with E-state index in [1.807, 2.05) is 6.07 Å². The number of methoxy groups -OCH3 is 1. The molecule has 19 heavy (non-hydrogen) atoms. The maximum atomic E-state index is 5.99. The average Bonchev–Trinajstić information content (AvgIpc) is 2.96. The fourth-order valence-corrected chi connectivity index (χ4v) is 2.79. The lowest BCUT2D eigenvalue weighted by molar-refractivity contribution is 0.0556. The van der Waals surface area contributed by atoms with E-state index in [1.54, 1.807) is 18.4 Å². The van der Waals surface area contributed by atoms with Crippen LogP contribution in [0.2, 0.25) is 0 Å². The van der Waals surface area contributed by atoms with Gasteiger partial charge in [0.05, 0.1) is 10.6 Å². The fraction of sp³-hybridized carbons (Fsp3) is 0.538. The summed E-state index contributed by atoms with van der Waals surface area (Å²) in [4.78, 5) is 5.61. The molecule has 0 saturated carbocycles. The number of thiophene rings is 1. The number of aryl methyl sites for hydroxylation is 1. The molecule has 0 aliphatic carbocycles. The SMILES string of the molecule is CCc1cc(-c2nc(C(OC)C(C)C)no2)c(N)s1. The van der Waals surface area contributed by atoms with Gasteiger partial charge in [0.2, 0.25) is 5.82 Å². The Labute approximate surface area is 116 Å². The van der Waals surface area contributed by atoms with E-state index in [4.69, 9.17) is 15.0 Å². The Kier molecular flexibility index (Phi) is 4.21. The number of nitrogens with two attached hydrogens (primary N) is 1. The molecule has 0 bridgehead atoms. The quantitative estimate of drug-likeness (QED) is 0.910. The van der Waals surface area contributed by atoms with Gasteiger partial charge < -0.3 is 15.0 Å². The van der Waals surface area contributed by atoms with Crippen molar-refractivity contribution >= 4 is 16.3 Å². The molecule has 6 heteroatoms. The van der Waals surface area contributed by atoms with E-state index >= 15 is 0 Å². The fourth-order valence-electron chi connectivity index (χ4n) is 1.93. The molecule has 0 aromatic carbocycles. The van der Waals surface area contributed by atoms with Gasteiger partial charge in [0, 0.05) is 12.0 Å². The highest BCUT2D eigenvalue weighted by atomic mass is 32.1. The summed E-state index contributed by atoms with van der Waals surface area (Å²) in [5, 5.41) is 4.71. The van der Waals surface area contributed by atoms with Crippen molar-refractivity contribution in [1.82, 2.24) is 10.1 Å². The predicted octanol–water partition coefficient (Wildman–Crippen LogP) is 3.29. The summed E-state index contributed by atoms with van der Waals surface area (Å²) in [5.41, 5.74) is 6.80. The number of hydrogen-bond acceptors (Lipinski definition) is 6. The van der Waals surface area contributed by atoms with Crippen molar-refractivity contribution in [2.75, 3.05) is 12.8 Å². The Morgan fingerprint density at radius 2 is 2.21 bits per heavy atom. The van der Waals surface area contributed by atoms with Gasteiger partial charge in [-0.1, -0.05) is 25.9 Å². The molecule has 0 spiro atoms. The summed E-state index contributed by atoms with van der Waals surface area (Å²) in [6.07, 6.45) is 0.783. The average molecular weight is 281 g/mol. The molecule has 0 amide bonds. The number of aromatic nitrogens is 2. The Bertz CT molecular complexity index is 548. The van der Waals surface area contributed by atoms with Crippen molar-refractivity contribution in [3.63, 3.8) is 0 Å². The monoisotopic (exact) mass is 281 g/mol. The Morgan fingerprint density at radius 1 is 1.47 bits per heavy atom. The summed E-state index contributed by atoms with van der Waals surface area (Å²) in [6.45, 7) is 6.20. The molecule has 0 saturated heterocycles. The highest BCUT2D eigenvalue weighted by molar-refractivity contribution is 7.16. The van der Waals surface area contributed by atoms with Crippen LogP contribution in [0.25, 0.3) is 11.5 Å². The highest BCUT2D eigenvalue weighted by Gasteiger charge is 2.23. The number of rotatable bonds is 5. The number of ether oxygens (including phenoxy) is 1. The summed E-state index contributed by atoms with van der Waals surface area (Å²) in [7, 11) is 1.65. The maximum absolute atomic E-state index is 5.99. The lowest BCUT2D eigenvalue weighted by Crippen LogP contribution is -2.10. The molecule has 2 aromatic rings. The molecule has 2 N–H and O–H groups in total. The molecule has 5 nitrogen and oxygen atoms in total. The van der Waals surface area contributed by atoms with Crippen LogP contribution in [-0.2, 0) is 11.2 Å². The molecule has 1 atom stereocenters. The molecule has 2 aromatic heterocycles. The van der Waals surface area contributed by atoms with E-state index in [0.717, 1.165) is 12.0 Å². The zero-order valence-electron chi connectivity index (χ0n) is 11.6. The first-order valence-corrected chi connectivity index (χ1v) is 7.13. The lowest BCUT2D eigenvalue weighted by atomic mass is 10.1. The summed E-state index contributed by atoms with van der Waals surface area (Å²) < 4.78 is 10.7.